The van der Waals surface area contributed by atoms with Crippen LogP contribution in [0.25, 0.3) is 5.82 Å². The zero-order valence-corrected chi connectivity index (χ0v) is 14.9. The van der Waals surface area contributed by atoms with Crippen LogP contribution in [0, 0.1) is 26.7 Å². The standard InChI is InChI=1S/C18H26N4O2/c1-11-6-5-7-21(16(11)10-19)18(23)15-8-12(2)22(14(15)4)17-9-13(3)24-20-17/h8-9,11,16H,5-7,10,19H2,1-4H3/t11-,16+/m0/s1. The summed E-state index contributed by atoms with van der Waals surface area (Å²) in [6, 6.07) is 3.93. The van der Waals surface area contributed by atoms with Crippen molar-refractivity contribution >= 4 is 5.91 Å². The molecule has 130 valence electrons. The second-order valence-electron chi connectivity index (χ2n) is 6.84. The Morgan fingerprint density at radius 3 is 2.75 bits per heavy atom. The van der Waals surface area contributed by atoms with Crippen LogP contribution in [0.15, 0.2) is 16.7 Å². The Labute approximate surface area is 142 Å². The van der Waals surface area contributed by atoms with Crippen molar-refractivity contribution in [2.45, 2.75) is 46.6 Å². The van der Waals surface area contributed by atoms with Crippen molar-refractivity contribution in [2.24, 2.45) is 11.7 Å². The van der Waals surface area contributed by atoms with Crippen LogP contribution in [0.2, 0.25) is 0 Å². The van der Waals surface area contributed by atoms with Gasteiger partial charge in [0.2, 0.25) is 0 Å². The molecule has 3 heterocycles. The third-order valence-electron chi connectivity index (χ3n) is 5.12. The number of carbonyl (C=O) groups is 1. The first-order chi connectivity index (χ1) is 11.4. The molecule has 1 aliphatic rings. The minimum Gasteiger partial charge on any atom is -0.360 e. The Balaban J connectivity index is 1.96. The van der Waals surface area contributed by atoms with E-state index < -0.39 is 0 Å². The molecule has 0 bridgehead atoms. The van der Waals surface area contributed by atoms with E-state index in [1.54, 1.807) is 0 Å². The van der Waals surface area contributed by atoms with Gasteiger partial charge < -0.3 is 15.2 Å². The summed E-state index contributed by atoms with van der Waals surface area (Å²) in [5, 5.41) is 4.08. The second kappa shape index (κ2) is 6.43. The monoisotopic (exact) mass is 330 g/mol. The van der Waals surface area contributed by atoms with E-state index in [-0.39, 0.29) is 11.9 Å². The smallest absolute Gasteiger partial charge is 0.255 e. The second-order valence-corrected chi connectivity index (χ2v) is 6.84. The van der Waals surface area contributed by atoms with Gasteiger partial charge in [-0.1, -0.05) is 12.1 Å². The highest BCUT2D eigenvalue weighted by Gasteiger charge is 2.33. The molecule has 6 nitrogen and oxygen atoms in total. The van der Waals surface area contributed by atoms with E-state index in [2.05, 4.69) is 12.1 Å². The molecule has 2 N–H and O–H groups in total. The normalized spacial score (nSPS) is 21.3. The molecule has 2 aromatic rings. The number of likely N-dealkylation sites (tertiary alicyclic amines) is 1. The van der Waals surface area contributed by atoms with Crippen LogP contribution in [0.1, 0.15) is 47.3 Å². The highest BCUT2D eigenvalue weighted by molar-refractivity contribution is 5.96. The van der Waals surface area contributed by atoms with Gasteiger partial charge in [-0.2, -0.15) is 0 Å². The van der Waals surface area contributed by atoms with Crippen molar-refractivity contribution in [3.63, 3.8) is 0 Å². The van der Waals surface area contributed by atoms with Crippen molar-refractivity contribution in [2.75, 3.05) is 13.1 Å². The lowest BCUT2D eigenvalue weighted by Gasteiger charge is -2.39. The van der Waals surface area contributed by atoms with E-state index >= 15 is 0 Å². The van der Waals surface area contributed by atoms with Crippen LogP contribution < -0.4 is 5.73 Å². The number of aryl methyl sites for hydroxylation is 2. The van der Waals surface area contributed by atoms with Gasteiger partial charge in [-0.15, -0.1) is 0 Å². The van der Waals surface area contributed by atoms with E-state index in [1.807, 2.05) is 42.4 Å². The first kappa shape index (κ1) is 16.8. The highest BCUT2D eigenvalue weighted by Crippen LogP contribution is 2.27. The molecule has 0 radical (unpaired) electrons. The Kier molecular flexibility index (Phi) is 4.49. The number of hydrogen-bond acceptors (Lipinski definition) is 4. The van der Waals surface area contributed by atoms with Gasteiger partial charge in [-0.25, -0.2) is 0 Å². The fourth-order valence-corrected chi connectivity index (χ4v) is 3.81. The van der Waals surface area contributed by atoms with E-state index in [0.717, 1.165) is 42.1 Å². The number of nitrogens with zero attached hydrogens (tertiary/aromatic N) is 3. The van der Waals surface area contributed by atoms with Gasteiger partial charge >= 0.3 is 0 Å². The summed E-state index contributed by atoms with van der Waals surface area (Å²) in [4.78, 5) is 15.1. The molecule has 0 aliphatic carbocycles. The molecule has 24 heavy (non-hydrogen) atoms. The Morgan fingerprint density at radius 2 is 2.12 bits per heavy atom. The highest BCUT2D eigenvalue weighted by atomic mass is 16.5. The van der Waals surface area contributed by atoms with Gasteiger partial charge in [0.25, 0.3) is 5.91 Å². The number of amides is 1. The van der Waals surface area contributed by atoms with Gasteiger partial charge in [0.1, 0.15) is 5.76 Å². The third-order valence-corrected chi connectivity index (χ3v) is 5.12. The summed E-state index contributed by atoms with van der Waals surface area (Å²) in [6.45, 7) is 9.25. The molecule has 1 amide bonds. The molecule has 0 spiro atoms. The lowest BCUT2D eigenvalue weighted by atomic mass is 9.90. The average molecular weight is 330 g/mol. The van der Waals surface area contributed by atoms with Crippen LogP contribution >= 0.6 is 0 Å². The SMILES string of the molecule is Cc1cc(-n2c(C)cc(C(=O)N3CCC[C@H](C)[C@H]3CN)c2C)no1. The maximum absolute atomic E-state index is 13.2. The maximum Gasteiger partial charge on any atom is 0.255 e. The molecule has 3 rings (SSSR count). The largest absolute Gasteiger partial charge is 0.360 e. The van der Waals surface area contributed by atoms with Gasteiger partial charge in [0.05, 0.1) is 5.56 Å². The minimum absolute atomic E-state index is 0.0663. The fraction of sp³-hybridized carbons (Fsp3) is 0.556. The molecule has 1 saturated heterocycles. The third kappa shape index (κ3) is 2.75. The molecule has 1 aliphatic heterocycles. The molecule has 0 saturated carbocycles. The van der Waals surface area contributed by atoms with Crippen LogP contribution in [0.4, 0.5) is 0 Å². The van der Waals surface area contributed by atoms with Crippen molar-refractivity contribution in [3.05, 3.63) is 34.8 Å². The first-order valence-electron chi connectivity index (χ1n) is 8.57. The molecular weight excluding hydrogens is 304 g/mol. The quantitative estimate of drug-likeness (QED) is 0.938. The van der Waals surface area contributed by atoms with E-state index in [4.69, 9.17) is 10.3 Å². The Morgan fingerprint density at radius 1 is 1.38 bits per heavy atom. The molecular formula is C18H26N4O2. The van der Waals surface area contributed by atoms with Gasteiger partial charge in [0.15, 0.2) is 5.82 Å². The predicted octanol–water partition coefficient (Wildman–Crippen LogP) is 2.59. The zero-order chi connectivity index (χ0) is 17.4. The number of hydrogen-bond donors (Lipinski definition) is 1. The summed E-state index contributed by atoms with van der Waals surface area (Å²) in [7, 11) is 0. The predicted molar refractivity (Wildman–Crippen MR) is 92.3 cm³/mol. The maximum atomic E-state index is 13.2. The number of nitrogens with two attached hydrogens (primary N) is 1. The van der Waals surface area contributed by atoms with Crippen molar-refractivity contribution in [3.8, 4) is 5.82 Å². The fourth-order valence-electron chi connectivity index (χ4n) is 3.81. The summed E-state index contributed by atoms with van der Waals surface area (Å²) in [5.74, 6) is 1.97. The van der Waals surface area contributed by atoms with Gasteiger partial charge in [-0.3, -0.25) is 9.36 Å². The topological polar surface area (TPSA) is 77.3 Å². The van der Waals surface area contributed by atoms with Crippen LogP contribution in [-0.4, -0.2) is 39.7 Å². The molecule has 1 fully saturated rings. The summed E-state index contributed by atoms with van der Waals surface area (Å²) in [5.41, 5.74) is 8.53. The molecule has 2 atom stereocenters. The summed E-state index contributed by atoms with van der Waals surface area (Å²) in [6.07, 6.45) is 2.16. The van der Waals surface area contributed by atoms with E-state index in [0.29, 0.717) is 18.3 Å². The number of carbonyl (C=O) groups excluding carboxylic acids is 1. The van der Waals surface area contributed by atoms with Crippen molar-refractivity contribution < 1.29 is 9.32 Å². The molecule has 0 aromatic carbocycles. The van der Waals surface area contributed by atoms with Crippen LogP contribution in [0.5, 0.6) is 0 Å². The van der Waals surface area contributed by atoms with Crippen molar-refractivity contribution in [1.82, 2.24) is 14.6 Å². The zero-order valence-electron chi connectivity index (χ0n) is 14.9. The Bertz CT molecular complexity index is 746. The van der Waals surface area contributed by atoms with E-state index in [9.17, 15) is 4.79 Å². The number of aromatic nitrogens is 2. The molecule has 6 heteroatoms. The summed E-state index contributed by atoms with van der Waals surface area (Å²) >= 11 is 0. The lowest BCUT2D eigenvalue weighted by Crippen LogP contribution is -2.51. The van der Waals surface area contributed by atoms with Crippen LogP contribution in [-0.2, 0) is 0 Å². The van der Waals surface area contributed by atoms with Gasteiger partial charge in [0, 0.05) is 36.6 Å². The minimum atomic E-state index is 0.0663. The summed E-state index contributed by atoms with van der Waals surface area (Å²) < 4.78 is 7.15. The molecule has 2 aromatic heterocycles. The van der Waals surface area contributed by atoms with Crippen molar-refractivity contribution in [1.29, 1.82) is 0 Å². The molecule has 0 unspecified atom stereocenters. The lowest BCUT2D eigenvalue weighted by molar-refractivity contribution is 0.0532. The Hall–Kier alpha value is -2.08. The first-order valence-corrected chi connectivity index (χ1v) is 8.57. The van der Waals surface area contributed by atoms with E-state index in [1.165, 1.54) is 0 Å². The number of piperidine rings is 1. The number of rotatable bonds is 3. The van der Waals surface area contributed by atoms with Crippen LogP contribution in [0.3, 0.4) is 0 Å². The average Bonchev–Trinajstić information content (AvgIpc) is 3.09. The van der Waals surface area contributed by atoms with Gasteiger partial charge in [-0.05, 0) is 45.6 Å².